The smallest absolute Gasteiger partial charge is 0.159 e. The van der Waals surface area contributed by atoms with Gasteiger partial charge in [-0.15, -0.1) is 0 Å². The molecule has 5 heteroatoms. The average Bonchev–Trinajstić information content (AvgIpc) is 3.11. The van der Waals surface area contributed by atoms with Gasteiger partial charge in [0.2, 0.25) is 0 Å². The first-order valence-electron chi connectivity index (χ1n) is 6.13. The Morgan fingerprint density at radius 1 is 1.32 bits per heavy atom. The molecule has 0 amide bonds. The Morgan fingerprint density at radius 3 is 3.16 bits per heavy atom. The number of methoxy groups -OCH3 is 1. The average molecular weight is 252 g/mol. The summed E-state index contributed by atoms with van der Waals surface area (Å²) in [6.07, 6.45) is 5.08. The number of fused-ring (bicyclic) bond motifs is 2. The molecule has 0 spiro atoms. The molecule has 0 saturated heterocycles. The lowest BCUT2D eigenvalue weighted by molar-refractivity contribution is 0.415. The van der Waals surface area contributed by atoms with Crippen LogP contribution in [0.25, 0.3) is 28.6 Å². The molecule has 19 heavy (non-hydrogen) atoms. The maximum absolute atomic E-state index is 5.22. The number of imidazole rings is 1. The van der Waals surface area contributed by atoms with Crippen molar-refractivity contribution in [3.63, 3.8) is 0 Å². The quantitative estimate of drug-likeness (QED) is 0.736. The highest BCUT2D eigenvalue weighted by Crippen LogP contribution is 2.29. The standard InChI is InChI=1S/C14H12N4O/c1-19-8-5-6-11-12(7-8)16-14(15-11)13-9-3-2-4-10(9)17-18-13/h2,4-7H,3H2,1H3,(H,15,16)(H,17,18). The lowest BCUT2D eigenvalue weighted by Gasteiger charge is -1.96. The molecule has 0 aliphatic heterocycles. The van der Waals surface area contributed by atoms with Crippen LogP contribution in [0, 0.1) is 0 Å². The van der Waals surface area contributed by atoms with Crippen LogP contribution >= 0.6 is 0 Å². The van der Waals surface area contributed by atoms with E-state index in [1.54, 1.807) is 7.11 Å². The second-order valence-electron chi connectivity index (χ2n) is 4.54. The van der Waals surface area contributed by atoms with E-state index in [2.05, 4.69) is 32.3 Å². The molecule has 1 aliphatic carbocycles. The summed E-state index contributed by atoms with van der Waals surface area (Å²) in [6, 6.07) is 5.79. The number of rotatable bonds is 2. The van der Waals surface area contributed by atoms with E-state index in [1.807, 2.05) is 18.2 Å². The van der Waals surface area contributed by atoms with Gasteiger partial charge in [0.25, 0.3) is 0 Å². The fraction of sp³-hybridized carbons (Fsp3) is 0.143. The van der Waals surface area contributed by atoms with Gasteiger partial charge >= 0.3 is 0 Å². The number of aromatic nitrogens is 4. The largest absolute Gasteiger partial charge is 0.497 e. The van der Waals surface area contributed by atoms with Gasteiger partial charge in [0, 0.05) is 11.6 Å². The molecule has 0 radical (unpaired) electrons. The number of aromatic amines is 2. The molecule has 3 aromatic rings. The Hall–Kier alpha value is -2.56. The lowest BCUT2D eigenvalue weighted by atomic mass is 10.2. The molecule has 4 rings (SSSR count). The number of H-pyrrole nitrogens is 2. The first kappa shape index (κ1) is 10.4. The molecule has 1 aliphatic rings. The zero-order valence-corrected chi connectivity index (χ0v) is 10.4. The van der Waals surface area contributed by atoms with E-state index < -0.39 is 0 Å². The van der Waals surface area contributed by atoms with Gasteiger partial charge in [0.05, 0.1) is 23.8 Å². The predicted octanol–water partition coefficient (Wildman–Crippen LogP) is 2.53. The van der Waals surface area contributed by atoms with Gasteiger partial charge in [0.15, 0.2) is 5.82 Å². The highest BCUT2D eigenvalue weighted by atomic mass is 16.5. The van der Waals surface area contributed by atoms with E-state index in [-0.39, 0.29) is 0 Å². The van der Waals surface area contributed by atoms with Gasteiger partial charge in [0.1, 0.15) is 11.4 Å². The maximum Gasteiger partial charge on any atom is 0.159 e. The topological polar surface area (TPSA) is 66.6 Å². The van der Waals surface area contributed by atoms with Crippen LogP contribution in [0.15, 0.2) is 24.3 Å². The number of hydrogen-bond acceptors (Lipinski definition) is 3. The van der Waals surface area contributed by atoms with Crippen molar-refractivity contribution in [3.8, 4) is 17.3 Å². The van der Waals surface area contributed by atoms with Gasteiger partial charge in [-0.25, -0.2) is 4.98 Å². The monoisotopic (exact) mass is 252 g/mol. The van der Waals surface area contributed by atoms with E-state index in [1.165, 1.54) is 5.56 Å². The van der Waals surface area contributed by atoms with Crippen LogP contribution in [0.4, 0.5) is 0 Å². The molecule has 0 bridgehead atoms. The zero-order chi connectivity index (χ0) is 12.8. The minimum absolute atomic E-state index is 0.796. The maximum atomic E-state index is 5.22. The van der Waals surface area contributed by atoms with Crippen LogP contribution in [-0.4, -0.2) is 27.3 Å². The molecule has 5 nitrogen and oxygen atoms in total. The molecule has 0 atom stereocenters. The lowest BCUT2D eigenvalue weighted by Crippen LogP contribution is -1.86. The Labute approximate surface area is 109 Å². The molecular formula is C14H12N4O. The summed E-state index contributed by atoms with van der Waals surface area (Å²) < 4.78 is 5.22. The van der Waals surface area contributed by atoms with E-state index >= 15 is 0 Å². The molecule has 2 heterocycles. The number of benzene rings is 1. The SMILES string of the molecule is COc1ccc2nc(-c3n[nH]c4c3CC=C4)[nH]c2c1. The second kappa shape index (κ2) is 3.71. The highest BCUT2D eigenvalue weighted by molar-refractivity contribution is 5.81. The molecule has 0 saturated carbocycles. The third kappa shape index (κ3) is 1.48. The summed E-state index contributed by atoms with van der Waals surface area (Å²) in [4.78, 5) is 7.89. The predicted molar refractivity (Wildman–Crippen MR) is 73.0 cm³/mol. The summed E-state index contributed by atoms with van der Waals surface area (Å²) >= 11 is 0. The van der Waals surface area contributed by atoms with Crippen LogP contribution in [0.3, 0.4) is 0 Å². The van der Waals surface area contributed by atoms with Gasteiger partial charge in [-0.1, -0.05) is 6.08 Å². The Morgan fingerprint density at radius 2 is 2.26 bits per heavy atom. The summed E-state index contributed by atoms with van der Waals surface area (Å²) in [5, 5.41) is 7.37. The van der Waals surface area contributed by atoms with Crippen LogP contribution in [-0.2, 0) is 6.42 Å². The summed E-state index contributed by atoms with van der Waals surface area (Å²) in [6.45, 7) is 0. The van der Waals surface area contributed by atoms with Gasteiger partial charge < -0.3 is 9.72 Å². The van der Waals surface area contributed by atoms with Crippen molar-refractivity contribution in [2.24, 2.45) is 0 Å². The Balaban J connectivity index is 1.87. The summed E-state index contributed by atoms with van der Waals surface area (Å²) in [5.41, 5.74) is 5.05. The minimum atomic E-state index is 0.796. The van der Waals surface area contributed by atoms with Crippen LogP contribution in [0.1, 0.15) is 11.3 Å². The van der Waals surface area contributed by atoms with Crippen LogP contribution in [0.5, 0.6) is 5.75 Å². The van der Waals surface area contributed by atoms with Crippen molar-refractivity contribution in [2.75, 3.05) is 7.11 Å². The van der Waals surface area contributed by atoms with Gasteiger partial charge in [-0.3, -0.25) is 5.10 Å². The molecule has 94 valence electrons. The number of ether oxygens (including phenoxy) is 1. The molecule has 1 aromatic carbocycles. The normalized spacial score (nSPS) is 13.1. The third-order valence-electron chi connectivity index (χ3n) is 3.42. The van der Waals surface area contributed by atoms with E-state index in [0.717, 1.165) is 40.4 Å². The fourth-order valence-electron chi connectivity index (χ4n) is 2.44. The second-order valence-corrected chi connectivity index (χ2v) is 4.54. The first-order chi connectivity index (χ1) is 9.35. The fourth-order valence-corrected chi connectivity index (χ4v) is 2.44. The molecule has 2 aromatic heterocycles. The van der Waals surface area contributed by atoms with Gasteiger partial charge in [-0.05, 0) is 24.6 Å². The molecule has 0 unspecified atom stereocenters. The molecular weight excluding hydrogens is 240 g/mol. The highest BCUT2D eigenvalue weighted by Gasteiger charge is 2.18. The summed E-state index contributed by atoms with van der Waals surface area (Å²) in [5.74, 6) is 1.61. The number of nitrogens with one attached hydrogen (secondary N) is 2. The van der Waals surface area contributed by atoms with Crippen LogP contribution in [0.2, 0.25) is 0 Å². The zero-order valence-electron chi connectivity index (χ0n) is 10.4. The van der Waals surface area contributed by atoms with Crippen LogP contribution < -0.4 is 4.74 Å². The Bertz CT molecular complexity index is 797. The number of hydrogen-bond donors (Lipinski definition) is 2. The molecule has 0 fully saturated rings. The third-order valence-corrected chi connectivity index (χ3v) is 3.42. The van der Waals surface area contributed by atoms with Crippen molar-refractivity contribution in [1.82, 2.24) is 20.2 Å². The van der Waals surface area contributed by atoms with Crippen molar-refractivity contribution in [2.45, 2.75) is 6.42 Å². The summed E-state index contributed by atoms with van der Waals surface area (Å²) in [7, 11) is 1.66. The first-order valence-corrected chi connectivity index (χ1v) is 6.13. The van der Waals surface area contributed by atoms with Crippen molar-refractivity contribution >= 4 is 17.1 Å². The Kier molecular flexibility index (Phi) is 2.03. The van der Waals surface area contributed by atoms with Gasteiger partial charge in [-0.2, -0.15) is 5.10 Å². The van der Waals surface area contributed by atoms with E-state index in [0.29, 0.717) is 0 Å². The molecule has 2 N–H and O–H groups in total. The van der Waals surface area contributed by atoms with Crippen molar-refractivity contribution < 1.29 is 4.74 Å². The van der Waals surface area contributed by atoms with Crippen molar-refractivity contribution in [3.05, 3.63) is 35.5 Å². The number of nitrogens with zero attached hydrogens (tertiary/aromatic N) is 2. The van der Waals surface area contributed by atoms with Crippen molar-refractivity contribution in [1.29, 1.82) is 0 Å². The van der Waals surface area contributed by atoms with E-state index in [4.69, 9.17) is 4.74 Å². The minimum Gasteiger partial charge on any atom is -0.497 e. The van der Waals surface area contributed by atoms with E-state index in [9.17, 15) is 0 Å². The number of allylic oxidation sites excluding steroid dienone is 1.